The molecule has 0 aliphatic carbocycles. The summed E-state index contributed by atoms with van der Waals surface area (Å²) in [5.41, 5.74) is 12.5. The Kier molecular flexibility index (Phi) is 15.6. The Morgan fingerprint density at radius 2 is 0.366 bits per heavy atom. The number of hydrogen-bond acceptors (Lipinski definition) is 4. The van der Waals surface area contributed by atoms with Crippen molar-refractivity contribution in [3.63, 3.8) is 0 Å². The van der Waals surface area contributed by atoms with E-state index in [-0.39, 0.29) is 21.7 Å². The van der Waals surface area contributed by atoms with Gasteiger partial charge in [0.2, 0.25) is 0 Å². The normalized spacial score (nSPS) is 9.66. The number of phenolic OH excluding ortho intramolecular Hbond substituents is 4. The molecule has 0 heterocycles. The quantitative estimate of drug-likeness (QED) is 0.153. The number of aromatic hydroxyl groups is 4. The maximum atomic E-state index is 9.33. The van der Waals surface area contributed by atoms with Gasteiger partial charge in [-0.25, -0.2) is 0 Å². The third kappa shape index (κ3) is 12.1. The monoisotopic (exact) mass is 592 g/mol. The Balaban J connectivity index is 0.000000516. The number of aryl methyl sites for hydroxylation is 12. The summed E-state index contributed by atoms with van der Waals surface area (Å²) in [7, 11) is 0. The van der Waals surface area contributed by atoms with Crippen molar-refractivity contribution in [1.29, 1.82) is 0 Å². The molecule has 4 N–H and O–H groups in total. The molecule has 0 aliphatic heterocycles. The second-order valence-electron chi connectivity index (χ2n) is 11.0. The molecule has 0 saturated heterocycles. The van der Waals surface area contributed by atoms with E-state index >= 15 is 0 Å². The summed E-state index contributed by atoms with van der Waals surface area (Å²) in [4.78, 5) is 0. The van der Waals surface area contributed by atoms with Crippen molar-refractivity contribution < 1.29 is 42.1 Å². The van der Waals surface area contributed by atoms with E-state index in [9.17, 15) is 20.4 Å². The maximum Gasteiger partial charge on any atom is 0.121 e. The number of rotatable bonds is 0. The molecule has 0 radical (unpaired) electrons. The van der Waals surface area contributed by atoms with Crippen LogP contribution < -0.4 is 0 Å². The van der Waals surface area contributed by atoms with E-state index in [1.165, 1.54) is 22.3 Å². The molecule has 4 aromatic rings. The van der Waals surface area contributed by atoms with Gasteiger partial charge < -0.3 is 20.4 Å². The van der Waals surface area contributed by atoms with Gasteiger partial charge in [0, 0.05) is 21.7 Å². The first-order valence-corrected chi connectivity index (χ1v) is 13.5. The minimum absolute atomic E-state index is 0. The van der Waals surface area contributed by atoms with Crippen molar-refractivity contribution in [1.82, 2.24) is 0 Å². The molecule has 0 spiro atoms. The van der Waals surface area contributed by atoms with Crippen LogP contribution in [-0.4, -0.2) is 20.4 Å². The smallest absolute Gasteiger partial charge is 0.121 e. The van der Waals surface area contributed by atoms with E-state index in [0.717, 1.165) is 44.5 Å². The van der Waals surface area contributed by atoms with E-state index < -0.39 is 0 Å². The van der Waals surface area contributed by atoms with Crippen molar-refractivity contribution in [2.75, 3.05) is 0 Å². The molecule has 0 amide bonds. The molecule has 4 nitrogen and oxygen atoms in total. The molecule has 0 aromatic heterocycles. The molecular formula is C36H48O4Ti. The van der Waals surface area contributed by atoms with Crippen LogP contribution in [0.15, 0.2) is 48.5 Å². The van der Waals surface area contributed by atoms with E-state index in [4.69, 9.17) is 0 Å². The molecule has 0 unspecified atom stereocenters. The standard InChI is InChI=1S/4C9H12O.Ti/c4*1-6-4-7(2)9(10)8(3)5-6;/h4*4-5,10H,1-3H3;. The first-order valence-electron chi connectivity index (χ1n) is 13.5. The van der Waals surface area contributed by atoms with Gasteiger partial charge in [-0.3, -0.25) is 0 Å². The van der Waals surface area contributed by atoms with Gasteiger partial charge >= 0.3 is 0 Å². The second-order valence-corrected chi connectivity index (χ2v) is 11.0. The summed E-state index contributed by atoms with van der Waals surface area (Å²) < 4.78 is 0. The van der Waals surface area contributed by atoms with Gasteiger partial charge in [0.05, 0.1) is 0 Å². The predicted molar refractivity (Wildman–Crippen MR) is 169 cm³/mol. The topological polar surface area (TPSA) is 80.9 Å². The second kappa shape index (κ2) is 16.9. The molecule has 220 valence electrons. The third-order valence-corrected chi connectivity index (χ3v) is 6.54. The first-order chi connectivity index (χ1) is 18.4. The molecule has 0 aliphatic rings. The zero-order valence-corrected chi connectivity index (χ0v) is 28.5. The zero-order chi connectivity index (χ0) is 30.9. The van der Waals surface area contributed by atoms with Gasteiger partial charge in [-0.1, -0.05) is 70.8 Å². The summed E-state index contributed by atoms with van der Waals surface area (Å²) in [5, 5.41) is 37.3. The summed E-state index contributed by atoms with van der Waals surface area (Å²) in [6.07, 6.45) is 0. The molecule has 0 fully saturated rings. The minimum Gasteiger partial charge on any atom is -0.507 e. The van der Waals surface area contributed by atoms with E-state index in [1.54, 1.807) is 0 Å². The van der Waals surface area contributed by atoms with Crippen LogP contribution >= 0.6 is 0 Å². The van der Waals surface area contributed by atoms with E-state index in [0.29, 0.717) is 23.0 Å². The summed E-state index contributed by atoms with van der Waals surface area (Å²) >= 11 is 0. The van der Waals surface area contributed by atoms with Gasteiger partial charge in [0.25, 0.3) is 0 Å². The van der Waals surface area contributed by atoms with Crippen molar-refractivity contribution in [2.24, 2.45) is 0 Å². The Hall–Kier alpha value is -3.21. The fourth-order valence-electron chi connectivity index (χ4n) is 4.69. The molecule has 0 bridgehead atoms. The van der Waals surface area contributed by atoms with Crippen LogP contribution in [-0.2, 0) is 21.7 Å². The van der Waals surface area contributed by atoms with Gasteiger partial charge in [-0.15, -0.1) is 0 Å². The van der Waals surface area contributed by atoms with Crippen molar-refractivity contribution >= 4 is 0 Å². The van der Waals surface area contributed by atoms with Crippen LogP contribution in [0.25, 0.3) is 0 Å². The molecule has 0 saturated carbocycles. The summed E-state index contributed by atoms with van der Waals surface area (Å²) in [5.74, 6) is 1.69. The molecule has 0 atom stereocenters. The van der Waals surface area contributed by atoms with Gasteiger partial charge in [-0.2, -0.15) is 0 Å². The fraction of sp³-hybridized carbons (Fsp3) is 0.333. The van der Waals surface area contributed by atoms with E-state index in [2.05, 4.69) is 0 Å². The van der Waals surface area contributed by atoms with Gasteiger partial charge in [0.15, 0.2) is 0 Å². The molecule has 41 heavy (non-hydrogen) atoms. The van der Waals surface area contributed by atoms with Crippen LogP contribution in [0, 0.1) is 83.1 Å². The number of hydrogen-bond donors (Lipinski definition) is 4. The average Bonchev–Trinajstić information content (AvgIpc) is 2.84. The Morgan fingerprint density at radius 3 is 0.463 bits per heavy atom. The summed E-state index contributed by atoms with van der Waals surface area (Å²) in [6.45, 7) is 23.4. The van der Waals surface area contributed by atoms with Crippen molar-refractivity contribution in [2.45, 2.75) is 83.1 Å². The zero-order valence-electron chi connectivity index (χ0n) is 26.9. The Bertz CT molecular complexity index is 1140. The first kappa shape index (κ1) is 37.8. The van der Waals surface area contributed by atoms with Crippen LogP contribution in [0.1, 0.15) is 66.8 Å². The van der Waals surface area contributed by atoms with Crippen LogP contribution in [0.3, 0.4) is 0 Å². The molecular weight excluding hydrogens is 544 g/mol. The maximum absolute atomic E-state index is 9.33. The SMILES string of the molecule is Cc1cc(C)c(O)c(C)c1.Cc1cc(C)c(O)c(C)c1.Cc1cc(C)c(O)c(C)c1.Cc1cc(C)c(O)c(C)c1.[Ti]. The largest absolute Gasteiger partial charge is 0.507 e. The average molecular weight is 593 g/mol. The third-order valence-electron chi connectivity index (χ3n) is 6.54. The number of phenols is 4. The predicted octanol–water partition coefficient (Wildman–Crippen LogP) is 9.27. The molecule has 4 aromatic carbocycles. The van der Waals surface area contributed by atoms with Crippen LogP contribution in [0.4, 0.5) is 0 Å². The van der Waals surface area contributed by atoms with Gasteiger partial charge in [-0.05, 0) is 128 Å². The van der Waals surface area contributed by atoms with Crippen molar-refractivity contribution in [3.8, 4) is 23.0 Å². The van der Waals surface area contributed by atoms with Crippen molar-refractivity contribution in [3.05, 3.63) is 115 Å². The summed E-state index contributed by atoms with van der Waals surface area (Å²) in [6, 6.07) is 15.8. The van der Waals surface area contributed by atoms with Gasteiger partial charge in [0.1, 0.15) is 23.0 Å². The minimum atomic E-state index is 0. The molecule has 4 rings (SSSR count). The van der Waals surface area contributed by atoms with Crippen LogP contribution in [0.5, 0.6) is 23.0 Å². The van der Waals surface area contributed by atoms with Crippen LogP contribution in [0.2, 0.25) is 0 Å². The Labute approximate surface area is 262 Å². The molecule has 5 heteroatoms. The Morgan fingerprint density at radius 1 is 0.268 bits per heavy atom. The van der Waals surface area contributed by atoms with E-state index in [1.807, 2.05) is 132 Å². The number of benzene rings is 4. The fourth-order valence-corrected chi connectivity index (χ4v) is 4.69.